The van der Waals surface area contributed by atoms with Gasteiger partial charge < -0.3 is 9.64 Å². The van der Waals surface area contributed by atoms with E-state index in [1.165, 1.54) is 31.0 Å². The second-order valence-electron chi connectivity index (χ2n) is 5.74. The summed E-state index contributed by atoms with van der Waals surface area (Å²) in [6.07, 6.45) is 6.49. The Morgan fingerprint density at radius 3 is 2.83 bits per heavy atom. The van der Waals surface area contributed by atoms with Crippen molar-refractivity contribution in [1.82, 2.24) is 4.90 Å². The Labute approximate surface area is 141 Å². The minimum Gasteiger partial charge on any atom is -0.493 e. The molecule has 0 atom stereocenters. The molecule has 4 nitrogen and oxygen atoms in total. The molecule has 0 saturated carbocycles. The van der Waals surface area contributed by atoms with Crippen LogP contribution in [0.3, 0.4) is 0 Å². The second-order valence-corrected chi connectivity index (χ2v) is 6.75. The zero-order valence-corrected chi connectivity index (χ0v) is 14.3. The number of amidine groups is 1. The molecule has 122 valence electrons. The van der Waals surface area contributed by atoms with Crippen molar-refractivity contribution in [2.75, 3.05) is 19.7 Å². The number of ether oxygens (including phenoxy) is 1. The summed E-state index contributed by atoms with van der Waals surface area (Å²) in [7, 11) is 0. The molecule has 0 radical (unpaired) electrons. The van der Waals surface area contributed by atoms with E-state index in [2.05, 4.69) is 16.8 Å². The Kier molecular flexibility index (Phi) is 5.39. The number of benzene rings is 1. The monoisotopic (exact) mass is 330 g/mol. The van der Waals surface area contributed by atoms with Gasteiger partial charge in [0, 0.05) is 18.7 Å². The normalized spacial score (nSPS) is 20.0. The molecule has 1 aromatic rings. The van der Waals surface area contributed by atoms with Crippen LogP contribution in [0.4, 0.5) is 0 Å². The summed E-state index contributed by atoms with van der Waals surface area (Å²) in [5.41, 5.74) is 0.937. The Morgan fingerprint density at radius 2 is 2.04 bits per heavy atom. The van der Waals surface area contributed by atoms with Crippen molar-refractivity contribution in [3.8, 4) is 5.75 Å². The number of carbonyl (C=O) groups excluding carboxylic acids is 1. The first kappa shape index (κ1) is 16.1. The number of hydrogen-bond acceptors (Lipinski definition) is 4. The van der Waals surface area contributed by atoms with Gasteiger partial charge in [0.05, 0.1) is 11.5 Å². The minimum atomic E-state index is -0.138. The summed E-state index contributed by atoms with van der Waals surface area (Å²) >= 11 is 1.48. The number of hydrogen-bond donors (Lipinski definition) is 0. The lowest BCUT2D eigenvalue weighted by atomic mass is 10.1. The van der Waals surface area contributed by atoms with E-state index in [-0.39, 0.29) is 5.91 Å². The standard InChI is InChI=1S/C18H22N2O2S/c1-2-12-22-15-9-5-4-8-14(15)13-16-17(21)19-18(23-16)20-10-6-3-7-11-20/h4-5,8-9,13H,2-3,6-7,10-12H2,1H3/b16-13+. The van der Waals surface area contributed by atoms with Gasteiger partial charge in [0.15, 0.2) is 5.17 Å². The van der Waals surface area contributed by atoms with Gasteiger partial charge in [-0.05, 0) is 49.6 Å². The number of piperidine rings is 1. The van der Waals surface area contributed by atoms with Crippen LogP contribution in [0.25, 0.3) is 6.08 Å². The predicted molar refractivity (Wildman–Crippen MR) is 95.7 cm³/mol. The molecule has 5 heteroatoms. The van der Waals surface area contributed by atoms with Crippen LogP contribution in [0.5, 0.6) is 5.75 Å². The fourth-order valence-electron chi connectivity index (χ4n) is 2.70. The van der Waals surface area contributed by atoms with E-state index < -0.39 is 0 Å². The molecule has 0 aromatic heterocycles. The second kappa shape index (κ2) is 7.68. The van der Waals surface area contributed by atoms with Crippen LogP contribution in [0.2, 0.25) is 0 Å². The number of thioether (sulfide) groups is 1. The molecule has 2 aliphatic rings. The topological polar surface area (TPSA) is 41.9 Å². The molecule has 2 heterocycles. The number of nitrogens with zero attached hydrogens (tertiary/aromatic N) is 2. The van der Waals surface area contributed by atoms with Gasteiger partial charge in [-0.15, -0.1) is 0 Å². The van der Waals surface area contributed by atoms with Crippen molar-refractivity contribution in [1.29, 1.82) is 0 Å². The number of amides is 1. The molecular formula is C18H22N2O2S. The molecule has 0 unspecified atom stereocenters. The third kappa shape index (κ3) is 3.96. The first-order chi connectivity index (χ1) is 11.3. The number of rotatable bonds is 4. The average molecular weight is 330 g/mol. The molecule has 23 heavy (non-hydrogen) atoms. The van der Waals surface area contributed by atoms with Gasteiger partial charge in [-0.3, -0.25) is 4.79 Å². The lowest BCUT2D eigenvalue weighted by Crippen LogP contribution is -2.33. The summed E-state index contributed by atoms with van der Waals surface area (Å²) in [5.74, 6) is 0.683. The highest BCUT2D eigenvalue weighted by molar-refractivity contribution is 8.18. The average Bonchev–Trinajstić information content (AvgIpc) is 2.96. The Morgan fingerprint density at radius 1 is 1.26 bits per heavy atom. The van der Waals surface area contributed by atoms with Crippen molar-refractivity contribution < 1.29 is 9.53 Å². The zero-order chi connectivity index (χ0) is 16.1. The highest BCUT2D eigenvalue weighted by Gasteiger charge is 2.27. The molecule has 0 aliphatic carbocycles. The Bertz CT molecular complexity index is 634. The van der Waals surface area contributed by atoms with Crippen LogP contribution < -0.4 is 4.74 Å². The van der Waals surface area contributed by atoms with Crippen molar-refractivity contribution >= 4 is 28.9 Å². The first-order valence-corrected chi connectivity index (χ1v) is 9.09. The van der Waals surface area contributed by atoms with E-state index in [1.54, 1.807) is 0 Å². The molecule has 3 rings (SSSR count). The van der Waals surface area contributed by atoms with Gasteiger partial charge >= 0.3 is 0 Å². The van der Waals surface area contributed by atoms with E-state index in [9.17, 15) is 4.79 Å². The lowest BCUT2D eigenvalue weighted by molar-refractivity contribution is -0.113. The summed E-state index contributed by atoms with van der Waals surface area (Å²) in [6, 6.07) is 7.83. The third-order valence-electron chi connectivity index (χ3n) is 3.90. The largest absolute Gasteiger partial charge is 0.493 e. The maximum absolute atomic E-state index is 12.2. The predicted octanol–water partition coefficient (Wildman–Crippen LogP) is 3.93. The van der Waals surface area contributed by atoms with Crippen LogP contribution >= 0.6 is 11.8 Å². The van der Waals surface area contributed by atoms with Crippen LogP contribution in [0.15, 0.2) is 34.2 Å². The molecule has 1 aromatic carbocycles. The fraction of sp³-hybridized carbons (Fsp3) is 0.444. The van der Waals surface area contributed by atoms with E-state index in [0.29, 0.717) is 11.5 Å². The SMILES string of the molecule is CCCOc1ccccc1/C=C1/SC(N2CCCCC2)=NC1=O. The first-order valence-electron chi connectivity index (χ1n) is 8.27. The van der Waals surface area contributed by atoms with Gasteiger partial charge in [0.25, 0.3) is 5.91 Å². The Balaban J connectivity index is 1.75. The van der Waals surface area contributed by atoms with Gasteiger partial charge in [0.1, 0.15) is 5.75 Å². The van der Waals surface area contributed by atoms with Crippen LogP contribution in [0, 0.1) is 0 Å². The summed E-state index contributed by atoms with van der Waals surface area (Å²) in [5, 5.41) is 0.855. The third-order valence-corrected chi connectivity index (χ3v) is 4.95. The minimum absolute atomic E-state index is 0.138. The Hall–Kier alpha value is -1.75. The highest BCUT2D eigenvalue weighted by Crippen LogP contribution is 2.33. The van der Waals surface area contributed by atoms with Crippen molar-refractivity contribution in [3.63, 3.8) is 0 Å². The van der Waals surface area contributed by atoms with E-state index in [0.717, 1.165) is 36.0 Å². The number of aliphatic imine (C=N–C) groups is 1. The maximum atomic E-state index is 12.2. The van der Waals surface area contributed by atoms with Gasteiger partial charge in [-0.1, -0.05) is 25.1 Å². The van der Waals surface area contributed by atoms with E-state index in [1.807, 2.05) is 30.3 Å². The van der Waals surface area contributed by atoms with Gasteiger partial charge in [-0.2, -0.15) is 4.99 Å². The van der Waals surface area contributed by atoms with Crippen molar-refractivity contribution in [2.24, 2.45) is 4.99 Å². The van der Waals surface area contributed by atoms with Crippen molar-refractivity contribution in [2.45, 2.75) is 32.6 Å². The molecule has 0 N–H and O–H groups in total. The highest BCUT2D eigenvalue weighted by atomic mass is 32.2. The van der Waals surface area contributed by atoms with Crippen LogP contribution in [-0.2, 0) is 4.79 Å². The summed E-state index contributed by atoms with van der Waals surface area (Å²) in [4.78, 5) is 19.4. The fourth-order valence-corrected chi connectivity index (χ4v) is 3.66. The molecule has 2 aliphatic heterocycles. The molecule has 0 spiro atoms. The molecule has 1 saturated heterocycles. The van der Waals surface area contributed by atoms with Crippen LogP contribution in [0.1, 0.15) is 38.2 Å². The van der Waals surface area contributed by atoms with Crippen LogP contribution in [-0.4, -0.2) is 35.7 Å². The maximum Gasteiger partial charge on any atom is 0.286 e. The zero-order valence-electron chi connectivity index (χ0n) is 13.5. The van der Waals surface area contributed by atoms with Crippen molar-refractivity contribution in [3.05, 3.63) is 34.7 Å². The number of likely N-dealkylation sites (tertiary alicyclic amines) is 1. The van der Waals surface area contributed by atoms with Gasteiger partial charge in [0.2, 0.25) is 0 Å². The lowest BCUT2D eigenvalue weighted by Gasteiger charge is -2.27. The number of para-hydroxylation sites is 1. The quantitative estimate of drug-likeness (QED) is 0.785. The molecule has 1 fully saturated rings. The van der Waals surface area contributed by atoms with E-state index in [4.69, 9.17) is 4.74 Å². The molecular weight excluding hydrogens is 308 g/mol. The smallest absolute Gasteiger partial charge is 0.286 e. The van der Waals surface area contributed by atoms with Gasteiger partial charge in [-0.25, -0.2) is 0 Å². The number of carbonyl (C=O) groups is 1. The van der Waals surface area contributed by atoms with E-state index >= 15 is 0 Å². The molecule has 0 bridgehead atoms. The summed E-state index contributed by atoms with van der Waals surface area (Å²) in [6.45, 7) is 4.76. The molecule has 1 amide bonds. The summed E-state index contributed by atoms with van der Waals surface area (Å²) < 4.78 is 5.76.